The Balaban J connectivity index is 1.74. The van der Waals surface area contributed by atoms with Crippen molar-refractivity contribution in [3.63, 3.8) is 0 Å². The maximum absolute atomic E-state index is 12.7. The molecule has 3 aromatic rings. The topological polar surface area (TPSA) is 79.7 Å². The third-order valence-corrected chi connectivity index (χ3v) is 5.09. The molecule has 0 aliphatic rings. The molecule has 0 aliphatic heterocycles. The number of rotatable bonds is 7. The zero-order valence-corrected chi connectivity index (χ0v) is 16.2. The molecule has 0 spiro atoms. The van der Waals surface area contributed by atoms with Crippen molar-refractivity contribution in [3.8, 4) is 0 Å². The number of aromatic nitrogens is 1. The van der Waals surface area contributed by atoms with E-state index in [1.54, 1.807) is 23.5 Å². The van der Waals surface area contributed by atoms with Crippen LogP contribution in [0.4, 0.5) is 10.5 Å². The van der Waals surface area contributed by atoms with E-state index in [1.165, 1.54) is 17.0 Å². The number of benzene rings is 2. The molecule has 0 unspecified atom stereocenters. The monoisotopic (exact) mass is 396 g/mol. The second kappa shape index (κ2) is 9.14. The fraction of sp³-hybridized carbons (Fsp3) is 0.190. The summed E-state index contributed by atoms with van der Waals surface area (Å²) in [6, 6.07) is 15.6. The number of carboxylic acids is 1. The van der Waals surface area contributed by atoms with E-state index < -0.39 is 12.1 Å². The maximum Gasteiger partial charge on any atom is 0.414 e. The molecule has 7 heteroatoms. The molecule has 1 heterocycles. The Morgan fingerprint density at radius 3 is 2.43 bits per heavy atom. The maximum atomic E-state index is 12.7. The molecule has 6 nitrogen and oxygen atoms in total. The molecular weight excluding hydrogens is 376 g/mol. The van der Waals surface area contributed by atoms with E-state index in [-0.39, 0.29) is 12.2 Å². The normalized spacial score (nSPS) is 10.5. The number of thiazole rings is 1. The molecule has 3 rings (SSSR count). The van der Waals surface area contributed by atoms with Gasteiger partial charge in [-0.25, -0.2) is 14.6 Å². The third kappa shape index (κ3) is 5.17. The summed E-state index contributed by atoms with van der Waals surface area (Å²) in [5.74, 6) is -1.01. The molecule has 0 bridgehead atoms. The smallest absolute Gasteiger partial charge is 0.414 e. The van der Waals surface area contributed by atoms with Crippen molar-refractivity contribution < 1.29 is 19.4 Å². The summed E-state index contributed by atoms with van der Waals surface area (Å²) < 4.78 is 5.47. The summed E-state index contributed by atoms with van der Waals surface area (Å²) in [5.41, 5.74) is 2.59. The van der Waals surface area contributed by atoms with Gasteiger partial charge in [-0.15, -0.1) is 11.3 Å². The molecule has 0 aliphatic carbocycles. The quantitative estimate of drug-likeness (QED) is 0.634. The van der Waals surface area contributed by atoms with Crippen LogP contribution in [0.1, 0.15) is 26.6 Å². The van der Waals surface area contributed by atoms with Gasteiger partial charge in [0.15, 0.2) is 0 Å². The number of ether oxygens (including phenoxy) is 1. The molecule has 2 aromatic carbocycles. The van der Waals surface area contributed by atoms with Gasteiger partial charge in [-0.2, -0.15) is 0 Å². The molecule has 0 atom stereocenters. The predicted octanol–water partition coefficient (Wildman–Crippen LogP) is 4.54. The van der Waals surface area contributed by atoms with Crippen LogP contribution in [0, 0.1) is 6.92 Å². The Bertz CT molecular complexity index is 939. The van der Waals surface area contributed by atoms with Crippen LogP contribution in [0.5, 0.6) is 0 Å². The van der Waals surface area contributed by atoms with Gasteiger partial charge in [0.05, 0.1) is 10.6 Å². The van der Waals surface area contributed by atoms with Gasteiger partial charge in [-0.3, -0.25) is 4.90 Å². The summed E-state index contributed by atoms with van der Waals surface area (Å²) in [4.78, 5) is 29.7. The van der Waals surface area contributed by atoms with Gasteiger partial charge in [0.1, 0.15) is 6.61 Å². The summed E-state index contributed by atoms with van der Waals surface area (Å²) >= 11 is 1.55. The van der Waals surface area contributed by atoms with Crippen molar-refractivity contribution in [2.75, 3.05) is 11.4 Å². The zero-order valence-electron chi connectivity index (χ0n) is 15.4. The highest BCUT2D eigenvalue weighted by Crippen LogP contribution is 2.19. The van der Waals surface area contributed by atoms with Gasteiger partial charge in [0, 0.05) is 29.7 Å². The van der Waals surface area contributed by atoms with E-state index in [9.17, 15) is 9.59 Å². The first-order valence-electron chi connectivity index (χ1n) is 8.75. The van der Waals surface area contributed by atoms with E-state index >= 15 is 0 Å². The van der Waals surface area contributed by atoms with E-state index in [4.69, 9.17) is 9.84 Å². The number of hydrogen-bond acceptors (Lipinski definition) is 5. The van der Waals surface area contributed by atoms with Gasteiger partial charge < -0.3 is 9.84 Å². The molecular formula is C21H20N2O4S. The molecule has 0 saturated heterocycles. The first-order chi connectivity index (χ1) is 13.5. The lowest BCUT2D eigenvalue weighted by Gasteiger charge is -2.22. The van der Waals surface area contributed by atoms with Crippen LogP contribution < -0.4 is 4.90 Å². The van der Waals surface area contributed by atoms with Crippen molar-refractivity contribution in [1.82, 2.24) is 4.98 Å². The van der Waals surface area contributed by atoms with Gasteiger partial charge >= 0.3 is 12.1 Å². The molecule has 1 N–H and O–H groups in total. The predicted molar refractivity (Wildman–Crippen MR) is 108 cm³/mol. The van der Waals surface area contributed by atoms with Crippen LogP contribution >= 0.6 is 11.3 Å². The fourth-order valence-corrected chi connectivity index (χ4v) is 3.40. The highest BCUT2D eigenvalue weighted by atomic mass is 32.1. The van der Waals surface area contributed by atoms with E-state index in [1.807, 2.05) is 42.6 Å². The Morgan fingerprint density at radius 1 is 1.11 bits per heavy atom. The Morgan fingerprint density at radius 2 is 1.82 bits per heavy atom. The van der Waals surface area contributed by atoms with Crippen LogP contribution in [0.3, 0.4) is 0 Å². The van der Waals surface area contributed by atoms with Crippen LogP contribution in [0.2, 0.25) is 0 Å². The number of anilines is 1. The second-order valence-electron chi connectivity index (χ2n) is 6.18. The number of carbonyl (C=O) groups is 2. The lowest BCUT2D eigenvalue weighted by molar-refractivity contribution is 0.0697. The average Bonchev–Trinajstić information content (AvgIpc) is 3.13. The van der Waals surface area contributed by atoms with Crippen molar-refractivity contribution in [1.29, 1.82) is 0 Å². The average molecular weight is 396 g/mol. The number of hydrogen-bond donors (Lipinski definition) is 1. The van der Waals surface area contributed by atoms with Gasteiger partial charge in [0.25, 0.3) is 0 Å². The Kier molecular flexibility index (Phi) is 6.39. The number of aromatic carboxylic acids is 1. The first kappa shape index (κ1) is 19.6. The van der Waals surface area contributed by atoms with Crippen LogP contribution in [-0.4, -0.2) is 28.7 Å². The number of aryl methyl sites for hydroxylation is 1. The lowest BCUT2D eigenvalue weighted by atomic mass is 10.2. The highest BCUT2D eigenvalue weighted by Gasteiger charge is 2.18. The minimum absolute atomic E-state index is 0.164. The number of nitrogens with zero attached hydrogens (tertiary/aromatic N) is 2. The minimum Gasteiger partial charge on any atom is -0.478 e. The van der Waals surface area contributed by atoms with E-state index in [0.717, 1.165) is 16.3 Å². The highest BCUT2D eigenvalue weighted by molar-refractivity contribution is 7.09. The SMILES string of the molecule is Cc1csc(CCN(C(=O)OCc2ccccc2)c2ccc(C(=O)O)cc2)n1. The third-order valence-electron chi connectivity index (χ3n) is 4.07. The second-order valence-corrected chi connectivity index (χ2v) is 7.12. The summed E-state index contributed by atoms with van der Waals surface area (Å²) in [6.45, 7) is 2.48. The van der Waals surface area contributed by atoms with Crippen molar-refractivity contribution in [2.45, 2.75) is 20.0 Å². The minimum atomic E-state index is -1.01. The fourth-order valence-electron chi connectivity index (χ4n) is 2.63. The molecule has 1 aromatic heterocycles. The van der Waals surface area contributed by atoms with Crippen LogP contribution in [0.15, 0.2) is 60.0 Å². The van der Waals surface area contributed by atoms with Gasteiger partial charge in [-0.05, 0) is 36.8 Å². The van der Waals surface area contributed by atoms with E-state index in [0.29, 0.717) is 18.7 Å². The Hall–Kier alpha value is -3.19. The van der Waals surface area contributed by atoms with Crippen molar-refractivity contribution in [3.05, 3.63) is 81.8 Å². The lowest BCUT2D eigenvalue weighted by Crippen LogP contribution is -2.33. The van der Waals surface area contributed by atoms with Crippen LogP contribution in [0.25, 0.3) is 0 Å². The number of carboxylic acid groups (broad SMARTS) is 1. The zero-order chi connectivity index (χ0) is 19.9. The summed E-state index contributed by atoms with van der Waals surface area (Å²) in [7, 11) is 0. The largest absolute Gasteiger partial charge is 0.478 e. The van der Waals surface area contributed by atoms with Gasteiger partial charge in [-0.1, -0.05) is 30.3 Å². The summed E-state index contributed by atoms with van der Waals surface area (Å²) in [6.07, 6.45) is 0.0970. The number of amides is 1. The molecule has 0 saturated carbocycles. The molecule has 1 amide bonds. The summed E-state index contributed by atoms with van der Waals surface area (Å²) in [5, 5.41) is 12.0. The Labute approximate surface area is 167 Å². The first-order valence-corrected chi connectivity index (χ1v) is 9.63. The van der Waals surface area contributed by atoms with Gasteiger partial charge in [0.2, 0.25) is 0 Å². The standard InChI is InChI=1S/C21H20N2O4S/c1-15-14-28-19(22-15)11-12-23(18-9-7-17(8-10-18)20(24)25)21(26)27-13-16-5-3-2-4-6-16/h2-10,14H,11-13H2,1H3,(H,24,25). The van der Waals surface area contributed by atoms with Crippen molar-refractivity contribution >= 4 is 29.1 Å². The molecule has 144 valence electrons. The van der Waals surface area contributed by atoms with E-state index in [2.05, 4.69) is 4.98 Å². The molecule has 28 heavy (non-hydrogen) atoms. The molecule has 0 radical (unpaired) electrons. The number of carbonyl (C=O) groups excluding carboxylic acids is 1. The van der Waals surface area contributed by atoms with Crippen LogP contribution in [-0.2, 0) is 17.8 Å². The van der Waals surface area contributed by atoms with Crippen molar-refractivity contribution in [2.24, 2.45) is 0 Å². The molecule has 0 fully saturated rings.